The summed E-state index contributed by atoms with van der Waals surface area (Å²) in [6.45, 7) is 0. The maximum atomic E-state index is 10.3. The highest BCUT2D eigenvalue weighted by Crippen LogP contribution is 2.19. The van der Waals surface area contributed by atoms with E-state index >= 15 is 0 Å². The topological polar surface area (TPSA) is 43.1 Å². The summed E-state index contributed by atoms with van der Waals surface area (Å²) >= 11 is 3.09. The number of carbonyl (C=O) groups is 1. The molecule has 0 aliphatic heterocycles. The first-order chi connectivity index (χ1) is 4.79. The number of amides is 1. The van der Waals surface area contributed by atoms with Crippen molar-refractivity contribution in [3.8, 4) is 0 Å². The number of thiophene rings is 1. The van der Waals surface area contributed by atoms with E-state index in [0.717, 1.165) is 4.90 Å². The maximum absolute atomic E-state index is 10.3. The molecule has 0 unspecified atom stereocenters. The molecule has 1 rings (SSSR count). The van der Waals surface area contributed by atoms with E-state index in [9.17, 15) is 4.79 Å². The minimum absolute atomic E-state index is 0.267. The third kappa shape index (κ3) is 2.41. The molecule has 2 nitrogen and oxygen atoms in total. The molecule has 0 saturated heterocycles. The number of nitrogens with two attached hydrogens (primary N) is 1. The van der Waals surface area contributed by atoms with Gasteiger partial charge in [-0.3, -0.25) is 4.79 Å². The first-order valence-electron chi connectivity index (χ1n) is 2.72. The van der Waals surface area contributed by atoms with Crippen LogP contribution in [0, 0.1) is 0 Å². The van der Waals surface area contributed by atoms with Gasteiger partial charge in [-0.25, -0.2) is 0 Å². The highest BCUT2D eigenvalue weighted by atomic mass is 32.2. The molecule has 1 aromatic heterocycles. The van der Waals surface area contributed by atoms with Crippen LogP contribution in [0.2, 0.25) is 0 Å². The average Bonchev–Trinajstić information content (AvgIpc) is 2.34. The Kier molecular flexibility index (Phi) is 2.77. The lowest BCUT2D eigenvalue weighted by Crippen LogP contribution is -2.12. The number of carbonyl (C=O) groups excluding carboxylic acids is 1. The summed E-state index contributed by atoms with van der Waals surface area (Å²) in [4.78, 5) is 11.4. The highest BCUT2D eigenvalue weighted by Gasteiger charge is 1.96. The second-order valence-electron chi connectivity index (χ2n) is 1.71. The minimum atomic E-state index is -0.267. The van der Waals surface area contributed by atoms with Crippen LogP contribution >= 0.6 is 23.1 Å². The monoisotopic (exact) mass is 173 g/mol. The molecule has 0 aliphatic rings. The second-order valence-corrected chi connectivity index (χ2v) is 3.54. The maximum Gasteiger partial charge on any atom is 0.227 e. The van der Waals surface area contributed by atoms with Gasteiger partial charge in [0.2, 0.25) is 5.91 Å². The molecule has 0 atom stereocenters. The normalized spacial score (nSPS) is 9.60. The molecule has 1 heterocycles. The van der Waals surface area contributed by atoms with Crippen LogP contribution in [0.25, 0.3) is 0 Å². The van der Waals surface area contributed by atoms with E-state index in [1.807, 2.05) is 16.8 Å². The van der Waals surface area contributed by atoms with Crippen molar-refractivity contribution >= 4 is 29.0 Å². The van der Waals surface area contributed by atoms with Gasteiger partial charge in [-0.2, -0.15) is 11.3 Å². The number of thioether (sulfide) groups is 1. The first kappa shape index (κ1) is 7.63. The molecule has 2 N–H and O–H groups in total. The molecule has 0 aliphatic carbocycles. The Hall–Kier alpha value is -0.480. The summed E-state index contributed by atoms with van der Waals surface area (Å²) in [6, 6.07) is 1.97. The Morgan fingerprint density at radius 2 is 2.60 bits per heavy atom. The Morgan fingerprint density at radius 3 is 3.10 bits per heavy atom. The zero-order chi connectivity index (χ0) is 7.40. The van der Waals surface area contributed by atoms with E-state index in [-0.39, 0.29) is 5.91 Å². The fraction of sp³-hybridized carbons (Fsp3) is 0.167. The first-order valence-corrected chi connectivity index (χ1v) is 4.65. The Balaban J connectivity index is 2.35. The minimum Gasteiger partial charge on any atom is -0.369 e. The molecular formula is C6H7NOS2. The van der Waals surface area contributed by atoms with Crippen molar-refractivity contribution in [2.75, 3.05) is 5.75 Å². The molecule has 0 spiro atoms. The van der Waals surface area contributed by atoms with E-state index in [4.69, 9.17) is 5.73 Å². The zero-order valence-corrected chi connectivity index (χ0v) is 6.87. The van der Waals surface area contributed by atoms with Crippen molar-refractivity contribution < 1.29 is 4.79 Å². The molecule has 0 aromatic carbocycles. The molecule has 4 heteroatoms. The summed E-state index contributed by atoms with van der Waals surface area (Å²) in [7, 11) is 0. The van der Waals surface area contributed by atoms with Gasteiger partial charge < -0.3 is 5.73 Å². The summed E-state index contributed by atoms with van der Waals surface area (Å²) in [6.07, 6.45) is 0. The van der Waals surface area contributed by atoms with Crippen LogP contribution in [0.1, 0.15) is 0 Å². The van der Waals surface area contributed by atoms with Crippen molar-refractivity contribution in [2.45, 2.75) is 4.90 Å². The number of primary amides is 1. The third-order valence-corrected chi connectivity index (χ3v) is 2.72. The molecule has 0 saturated carbocycles. The van der Waals surface area contributed by atoms with Crippen LogP contribution in [0.5, 0.6) is 0 Å². The average molecular weight is 173 g/mol. The smallest absolute Gasteiger partial charge is 0.227 e. The second kappa shape index (κ2) is 3.63. The van der Waals surface area contributed by atoms with Gasteiger partial charge in [0, 0.05) is 10.3 Å². The summed E-state index contributed by atoms with van der Waals surface area (Å²) < 4.78 is 0. The number of hydrogen-bond acceptors (Lipinski definition) is 3. The summed E-state index contributed by atoms with van der Waals surface area (Å²) in [5, 5.41) is 3.97. The molecule has 0 fully saturated rings. The standard InChI is InChI=1S/C6H7NOS2/c7-6(8)4-10-5-1-2-9-3-5/h1-3H,4H2,(H2,7,8). The number of hydrogen-bond donors (Lipinski definition) is 1. The van der Waals surface area contributed by atoms with Gasteiger partial charge in [-0.1, -0.05) is 0 Å². The lowest BCUT2D eigenvalue weighted by atomic mass is 10.7. The molecular weight excluding hydrogens is 166 g/mol. The lowest BCUT2D eigenvalue weighted by Gasteiger charge is -1.90. The van der Waals surface area contributed by atoms with Crippen LogP contribution in [0.4, 0.5) is 0 Å². The van der Waals surface area contributed by atoms with E-state index in [2.05, 4.69) is 0 Å². The summed E-state index contributed by atoms with van der Waals surface area (Å²) in [5.74, 6) is 0.104. The van der Waals surface area contributed by atoms with Crippen LogP contribution in [0.15, 0.2) is 21.7 Å². The lowest BCUT2D eigenvalue weighted by molar-refractivity contribution is -0.115. The Morgan fingerprint density at radius 1 is 1.80 bits per heavy atom. The van der Waals surface area contributed by atoms with Crippen molar-refractivity contribution in [3.05, 3.63) is 16.8 Å². The Bertz CT molecular complexity index is 208. The van der Waals surface area contributed by atoms with Gasteiger partial charge in [0.15, 0.2) is 0 Å². The van der Waals surface area contributed by atoms with Crippen molar-refractivity contribution in [2.24, 2.45) is 5.73 Å². The van der Waals surface area contributed by atoms with Crippen molar-refractivity contribution in [1.82, 2.24) is 0 Å². The van der Waals surface area contributed by atoms with E-state index in [0.29, 0.717) is 5.75 Å². The van der Waals surface area contributed by atoms with Crippen LogP contribution in [-0.2, 0) is 4.79 Å². The van der Waals surface area contributed by atoms with Gasteiger partial charge in [-0.15, -0.1) is 11.8 Å². The van der Waals surface area contributed by atoms with Gasteiger partial charge in [0.25, 0.3) is 0 Å². The molecule has 10 heavy (non-hydrogen) atoms. The van der Waals surface area contributed by atoms with Gasteiger partial charge in [0.05, 0.1) is 5.75 Å². The largest absolute Gasteiger partial charge is 0.369 e. The molecule has 0 bridgehead atoms. The molecule has 0 radical (unpaired) electrons. The zero-order valence-electron chi connectivity index (χ0n) is 5.24. The van der Waals surface area contributed by atoms with Crippen LogP contribution in [-0.4, -0.2) is 11.7 Å². The highest BCUT2D eigenvalue weighted by molar-refractivity contribution is 8.00. The predicted octanol–water partition coefficient (Wildman–Crippen LogP) is 1.33. The van der Waals surface area contributed by atoms with Crippen LogP contribution < -0.4 is 5.73 Å². The fourth-order valence-electron chi connectivity index (χ4n) is 0.489. The van der Waals surface area contributed by atoms with Crippen molar-refractivity contribution in [3.63, 3.8) is 0 Å². The van der Waals surface area contributed by atoms with Crippen LogP contribution in [0.3, 0.4) is 0 Å². The van der Waals surface area contributed by atoms with E-state index < -0.39 is 0 Å². The summed E-state index contributed by atoms with van der Waals surface area (Å²) in [5.41, 5.74) is 4.95. The van der Waals surface area contributed by atoms with Crippen molar-refractivity contribution in [1.29, 1.82) is 0 Å². The molecule has 1 amide bonds. The van der Waals surface area contributed by atoms with E-state index in [1.54, 1.807) is 11.3 Å². The molecule has 54 valence electrons. The third-order valence-electron chi connectivity index (χ3n) is 0.876. The van der Waals surface area contributed by atoms with Gasteiger partial charge in [-0.05, 0) is 11.4 Å². The van der Waals surface area contributed by atoms with Gasteiger partial charge >= 0.3 is 0 Å². The SMILES string of the molecule is NC(=O)CSc1ccsc1. The fourth-order valence-corrected chi connectivity index (χ4v) is 2.00. The quantitative estimate of drug-likeness (QED) is 0.701. The van der Waals surface area contributed by atoms with E-state index in [1.165, 1.54) is 11.8 Å². The molecule has 1 aromatic rings. The van der Waals surface area contributed by atoms with Gasteiger partial charge in [0.1, 0.15) is 0 Å². The Labute approximate surface area is 67.4 Å². The number of rotatable bonds is 3. The predicted molar refractivity (Wildman–Crippen MR) is 44.2 cm³/mol.